The highest BCUT2D eigenvalue weighted by molar-refractivity contribution is 6.51. The molecule has 0 aliphatic carbocycles. The molecular formula is C27H22F3NO6. The van der Waals surface area contributed by atoms with E-state index >= 15 is 0 Å². The lowest BCUT2D eigenvalue weighted by Crippen LogP contribution is -2.29. The molecule has 1 fully saturated rings. The number of carbonyl (C=O) groups excluding carboxylic acids is 2. The van der Waals surface area contributed by atoms with Gasteiger partial charge >= 0.3 is 6.36 Å². The van der Waals surface area contributed by atoms with E-state index in [0.29, 0.717) is 11.3 Å². The zero-order valence-corrected chi connectivity index (χ0v) is 20.0. The van der Waals surface area contributed by atoms with Crippen molar-refractivity contribution < 1.29 is 42.1 Å². The number of carbonyl (C=O) groups is 2. The van der Waals surface area contributed by atoms with Crippen LogP contribution in [0.5, 0.6) is 17.2 Å². The van der Waals surface area contributed by atoms with Gasteiger partial charge in [0.05, 0.1) is 31.4 Å². The molecule has 1 unspecified atom stereocenters. The van der Waals surface area contributed by atoms with Gasteiger partial charge in [0.2, 0.25) is 0 Å². The molecule has 0 radical (unpaired) electrons. The van der Waals surface area contributed by atoms with E-state index in [9.17, 15) is 27.9 Å². The smallest absolute Gasteiger partial charge is 0.507 e. The third-order valence-electron chi connectivity index (χ3n) is 5.80. The number of Topliss-reactive ketones (excluding diaryl/α,β-unsaturated/α-hetero) is 1. The molecule has 10 heteroatoms. The van der Waals surface area contributed by atoms with Crippen LogP contribution in [0.2, 0.25) is 0 Å². The number of methoxy groups -OCH3 is 2. The summed E-state index contributed by atoms with van der Waals surface area (Å²) in [5.74, 6) is -2.48. The van der Waals surface area contributed by atoms with E-state index in [4.69, 9.17) is 9.47 Å². The van der Waals surface area contributed by atoms with Crippen molar-refractivity contribution in [1.29, 1.82) is 0 Å². The molecule has 37 heavy (non-hydrogen) atoms. The van der Waals surface area contributed by atoms with E-state index in [1.54, 1.807) is 37.3 Å². The van der Waals surface area contributed by atoms with E-state index < -0.39 is 35.6 Å². The van der Waals surface area contributed by atoms with E-state index in [2.05, 4.69) is 4.74 Å². The quantitative estimate of drug-likeness (QED) is 0.265. The molecule has 0 saturated carbocycles. The molecule has 1 amide bonds. The molecule has 1 N–H and O–H groups in total. The number of aryl methyl sites for hydroxylation is 1. The standard InChI is InChI=1S/C27H22F3NO6/c1-15-6-4-7-16(12-15)23-22(24(32)20-11-10-18(35-2)14-21(20)36-3)25(33)26(34)31(23)17-8-5-9-19(13-17)37-27(28,29)30/h4-14,23,32H,1-3H3/b24-22-. The zero-order valence-electron chi connectivity index (χ0n) is 20.0. The molecule has 0 spiro atoms. The van der Waals surface area contributed by atoms with Crippen molar-refractivity contribution in [1.82, 2.24) is 0 Å². The summed E-state index contributed by atoms with van der Waals surface area (Å²) in [6.45, 7) is 1.81. The van der Waals surface area contributed by atoms with Crippen LogP contribution < -0.4 is 19.1 Å². The Morgan fingerprint density at radius 2 is 1.65 bits per heavy atom. The van der Waals surface area contributed by atoms with Gasteiger partial charge in [-0.3, -0.25) is 14.5 Å². The predicted octanol–water partition coefficient (Wildman–Crippen LogP) is 5.54. The number of aliphatic hydroxyl groups is 1. The molecule has 192 valence electrons. The van der Waals surface area contributed by atoms with Crippen molar-refractivity contribution in [3.63, 3.8) is 0 Å². The molecule has 0 bridgehead atoms. The Morgan fingerprint density at radius 1 is 0.919 bits per heavy atom. The molecule has 1 atom stereocenters. The summed E-state index contributed by atoms with van der Waals surface area (Å²) in [5, 5.41) is 11.3. The molecule has 4 rings (SSSR count). The summed E-state index contributed by atoms with van der Waals surface area (Å²) in [6.07, 6.45) is -4.95. The second kappa shape index (κ2) is 9.88. The van der Waals surface area contributed by atoms with Gasteiger partial charge in [-0.2, -0.15) is 0 Å². The molecule has 1 heterocycles. The molecule has 7 nitrogen and oxygen atoms in total. The van der Waals surface area contributed by atoms with Crippen LogP contribution in [-0.4, -0.2) is 37.4 Å². The Labute approximate surface area is 210 Å². The molecule has 0 aromatic heterocycles. The number of aliphatic hydroxyl groups excluding tert-OH is 1. The molecule has 1 saturated heterocycles. The number of alkyl halides is 3. The van der Waals surface area contributed by atoms with Crippen LogP contribution in [0.4, 0.5) is 18.9 Å². The maximum Gasteiger partial charge on any atom is 0.573 e. The number of ether oxygens (including phenoxy) is 3. The maximum absolute atomic E-state index is 13.3. The van der Waals surface area contributed by atoms with Crippen LogP contribution in [0.1, 0.15) is 22.7 Å². The fourth-order valence-electron chi connectivity index (χ4n) is 4.22. The normalized spacial score (nSPS) is 17.1. The lowest BCUT2D eigenvalue weighted by Gasteiger charge is -2.26. The number of halogens is 3. The Bertz CT molecular complexity index is 1400. The number of rotatable bonds is 6. The van der Waals surface area contributed by atoms with Crippen molar-refractivity contribution >= 4 is 23.1 Å². The topological polar surface area (TPSA) is 85.3 Å². The monoisotopic (exact) mass is 513 g/mol. The average Bonchev–Trinajstić information content (AvgIpc) is 3.12. The van der Waals surface area contributed by atoms with E-state index in [1.165, 1.54) is 38.5 Å². The first kappa shape index (κ1) is 25.6. The number of anilines is 1. The molecule has 3 aromatic rings. The fraction of sp³-hybridized carbons (Fsp3) is 0.185. The summed E-state index contributed by atoms with van der Waals surface area (Å²) >= 11 is 0. The molecule has 1 aliphatic rings. The molecule has 3 aromatic carbocycles. The molecule has 1 aliphatic heterocycles. The number of ketones is 1. The van der Waals surface area contributed by atoms with Crippen LogP contribution in [0.25, 0.3) is 5.76 Å². The van der Waals surface area contributed by atoms with E-state index in [-0.39, 0.29) is 22.6 Å². The number of benzene rings is 3. The van der Waals surface area contributed by atoms with Crippen molar-refractivity contribution in [2.24, 2.45) is 0 Å². The lowest BCUT2D eigenvalue weighted by molar-refractivity contribution is -0.274. The van der Waals surface area contributed by atoms with Crippen LogP contribution in [0.15, 0.2) is 72.3 Å². The van der Waals surface area contributed by atoms with Gasteiger partial charge in [0.1, 0.15) is 23.0 Å². The SMILES string of the molecule is COc1ccc(/C(O)=C2/C(=O)C(=O)N(c3cccc(OC(F)(F)F)c3)C2c2cccc(C)c2)c(OC)c1. The first-order valence-corrected chi connectivity index (χ1v) is 11.0. The Balaban J connectivity index is 1.94. The van der Waals surface area contributed by atoms with E-state index in [0.717, 1.165) is 22.6 Å². The third kappa shape index (κ3) is 5.09. The fourth-order valence-corrected chi connectivity index (χ4v) is 4.22. The van der Waals surface area contributed by atoms with Crippen molar-refractivity contribution in [3.05, 3.63) is 89.0 Å². The second-order valence-corrected chi connectivity index (χ2v) is 8.19. The van der Waals surface area contributed by atoms with Crippen molar-refractivity contribution in [2.45, 2.75) is 19.3 Å². The third-order valence-corrected chi connectivity index (χ3v) is 5.80. The van der Waals surface area contributed by atoms with Crippen molar-refractivity contribution in [2.75, 3.05) is 19.1 Å². The minimum absolute atomic E-state index is 0.0175. The highest BCUT2D eigenvalue weighted by Crippen LogP contribution is 2.44. The minimum atomic E-state index is -4.95. The van der Waals surface area contributed by atoms with Gasteiger partial charge in [0.25, 0.3) is 11.7 Å². The molecular weight excluding hydrogens is 491 g/mol. The summed E-state index contributed by atoms with van der Waals surface area (Å²) in [5.41, 5.74) is 1.14. The Hall–Kier alpha value is -4.47. The maximum atomic E-state index is 13.3. The number of hydrogen-bond acceptors (Lipinski definition) is 6. The van der Waals surface area contributed by atoms with Gasteiger partial charge in [0.15, 0.2) is 0 Å². The van der Waals surface area contributed by atoms with Gasteiger partial charge < -0.3 is 19.3 Å². The van der Waals surface area contributed by atoms with Gasteiger partial charge in [-0.1, -0.05) is 35.9 Å². The van der Waals surface area contributed by atoms with Crippen molar-refractivity contribution in [3.8, 4) is 17.2 Å². The highest BCUT2D eigenvalue weighted by Gasteiger charge is 2.47. The predicted molar refractivity (Wildman–Crippen MR) is 129 cm³/mol. The number of nitrogens with zero attached hydrogens (tertiary/aromatic N) is 1. The number of amides is 1. The summed E-state index contributed by atoms with van der Waals surface area (Å²) in [7, 11) is 2.82. The Kier molecular flexibility index (Phi) is 6.84. The van der Waals surface area contributed by atoms with Crippen LogP contribution in [-0.2, 0) is 9.59 Å². The minimum Gasteiger partial charge on any atom is -0.507 e. The second-order valence-electron chi connectivity index (χ2n) is 8.19. The Morgan fingerprint density at radius 3 is 2.30 bits per heavy atom. The average molecular weight is 513 g/mol. The lowest BCUT2D eigenvalue weighted by atomic mass is 9.94. The number of hydrogen-bond donors (Lipinski definition) is 1. The van der Waals surface area contributed by atoms with Crippen LogP contribution >= 0.6 is 0 Å². The highest BCUT2D eigenvalue weighted by atomic mass is 19.4. The van der Waals surface area contributed by atoms with Gasteiger partial charge in [-0.05, 0) is 36.8 Å². The summed E-state index contributed by atoms with van der Waals surface area (Å²) in [4.78, 5) is 27.7. The van der Waals surface area contributed by atoms with Crippen LogP contribution in [0, 0.1) is 6.92 Å². The van der Waals surface area contributed by atoms with Gasteiger partial charge in [0, 0.05) is 17.8 Å². The van der Waals surface area contributed by atoms with Gasteiger partial charge in [-0.15, -0.1) is 13.2 Å². The van der Waals surface area contributed by atoms with Crippen LogP contribution in [0.3, 0.4) is 0 Å². The van der Waals surface area contributed by atoms with Gasteiger partial charge in [-0.25, -0.2) is 0 Å². The zero-order chi connectivity index (χ0) is 26.9. The largest absolute Gasteiger partial charge is 0.573 e. The first-order chi connectivity index (χ1) is 17.5. The van der Waals surface area contributed by atoms with E-state index in [1.807, 2.05) is 0 Å². The summed E-state index contributed by atoms with van der Waals surface area (Å²) < 4.78 is 53.1. The summed E-state index contributed by atoms with van der Waals surface area (Å²) in [6, 6.07) is 15.0. The first-order valence-electron chi connectivity index (χ1n) is 11.0.